The Hall–Kier alpha value is -3.21. The molecule has 1 atom stereocenters. The zero-order valence-electron chi connectivity index (χ0n) is 17.3. The van der Waals surface area contributed by atoms with Crippen molar-refractivity contribution in [1.82, 2.24) is 0 Å². The summed E-state index contributed by atoms with van der Waals surface area (Å²) in [7, 11) is 3.18. The molecule has 1 heterocycles. The summed E-state index contributed by atoms with van der Waals surface area (Å²) in [5, 5.41) is 23.0. The minimum Gasteiger partial charge on any atom is -0.507 e. The van der Waals surface area contributed by atoms with E-state index in [4.69, 9.17) is 14.5 Å². The molecule has 3 aromatic carbocycles. The number of nitrogens with zero attached hydrogens (tertiary/aromatic N) is 1. The third kappa shape index (κ3) is 2.97. The second-order valence-corrected chi connectivity index (χ2v) is 7.63. The number of fused-ring (bicyclic) bond motifs is 2. The van der Waals surface area contributed by atoms with E-state index in [0.717, 1.165) is 39.8 Å². The van der Waals surface area contributed by atoms with Crippen LogP contribution in [0.3, 0.4) is 0 Å². The largest absolute Gasteiger partial charge is 0.507 e. The van der Waals surface area contributed by atoms with Gasteiger partial charge < -0.3 is 19.7 Å². The molecule has 2 N–H and O–H groups in total. The lowest BCUT2D eigenvalue weighted by molar-refractivity contribution is 0.407. The van der Waals surface area contributed by atoms with Gasteiger partial charge in [0.1, 0.15) is 23.0 Å². The SMILES string of the molecule is COc1c2c(cc(O)c1-c1ccc(OC)c3c(O)cc(C)cc13)CC(C)N=C2C. The molecule has 0 bridgehead atoms. The molecule has 3 aromatic rings. The van der Waals surface area contributed by atoms with Crippen molar-refractivity contribution >= 4 is 16.5 Å². The first-order valence-electron chi connectivity index (χ1n) is 9.64. The third-order valence-corrected chi connectivity index (χ3v) is 5.53. The second-order valence-electron chi connectivity index (χ2n) is 7.63. The summed E-state index contributed by atoms with van der Waals surface area (Å²) in [6.45, 7) is 5.96. The van der Waals surface area contributed by atoms with Gasteiger partial charge in [0.05, 0.1) is 31.2 Å². The van der Waals surface area contributed by atoms with Crippen LogP contribution < -0.4 is 9.47 Å². The van der Waals surface area contributed by atoms with Crippen molar-refractivity contribution in [2.45, 2.75) is 33.2 Å². The Labute approximate surface area is 170 Å². The predicted octanol–water partition coefficient (Wildman–Crippen LogP) is 5.00. The first-order valence-corrected chi connectivity index (χ1v) is 9.64. The average molecular weight is 391 g/mol. The van der Waals surface area contributed by atoms with Crippen molar-refractivity contribution in [1.29, 1.82) is 0 Å². The highest BCUT2D eigenvalue weighted by Crippen LogP contribution is 2.48. The molecule has 1 aliphatic rings. The van der Waals surface area contributed by atoms with E-state index in [2.05, 4.69) is 6.92 Å². The maximum absolute atomic E-state index is 11.0. The Morgan fingerprint density at radius 1 is 0.966 bits per heavy atom. The molecule has 4 rings (SSSR count). The quantitative estimate of drug-likeness (QED) is 0.659. The van der Waals surface area contributed by atoms with E-state index in [1.165, 1.54) is 0 Å². The number of methoxy groups -OCH3 is 2. The molecule has 1 unspecified atom stereocenters. The van der Waals surface area contributed by atoms with Crippen LogP contribution in [0, 0.1) is 6.92 Å². The molecule has 1 aliphatic heterocycles. The molecule has 150 valence electrons. The van der Waals surface area contributed by atoms with Gasteiger partial charge in [0.2, 0.25) is 0 Å². The van der Waals surface area contributed by atoms with Gasteiger partial charge in [-0.2, -0.15) is 0 Å². The van der Waals surface area contributed by atoms with Gasteiger partial charge >= 0.3 is 0 Å². The third-order valence-electron chi connectivity index (χ3n) is 5.53. The second kappa shape index (κ2) is 6.99. The van der Waals surface area contributed by atoms with Crippen LogP contribution in [0.15, 0.2) is 35.3 Å². The van der Waals surface area contributed by atoms with E-state index in [1.54, 1.807) is 26.4 Å². The number of benzene rings is 3. The summed E-state index contributed by atoms with van der Waals surface area (Å²) in [5.74, 6) is 1.46. The van der Waals surface area contributed by atoms with Crippen LogP contribution in [0.25, 0.3) is 21.9 Å². The summed E-state index contributed by atoms with van der Waals surface area (Å²) in [6.07, 6.45) is 0.750. The number of rotatable bonds is 3. The van der Waals surface area contributed by atoms with Crippen molar-refractivity contribution in [3.05, 3.63) is 47.0 Å². The zero-order chi connectivity index (χ0) is 20.9. The number of ether oxygens (including phenoxy) is 2. The van der Waals surface area contributed by atoms with E-state index in [-0.39, 0.29) is 17.5 Å². The summed E-state index contributed by atoms with van der Waals surface area (Å²) < 4.78 is 11.3. The van der Waals surface area contributed by atoms with Gasteiger partial charge in [-0.3, -0.25) is 4.99 Å². The lowest BCUT2D eigenvalue weighted by Crippen LogP contribution is -2.18. The van der Waals surface area contributed by atoms with Crippen LogP contribution >= 0.6 is 0 Å². The maximum atomic E-state index is 11.0. The standard InChI is InChI=1S/C24H25NO4/c1-12-8-17-16(6-7-20(28-4)22(17)18(26)9-12)23-19(27)11-15-10-13(2)25-14(3)21(15)24(23)29-5/h6-9,11,13,26-27H,10H2,1-5H3. The molecule has 0 aliphatic carbocycles. The van der Waals surface area contributed by atoms with Gasteiger partial charge in [0, 0.05) is 11.3 Å². The highest BCUT2D eigenvalue weighted by molar-refractivity contribution is 6.10. The number of aliphatic imine (C=N–C) groups is 1. The van der Waals surface area contributed by atoms with Crippen LogP contribution in [0.1, 0.15) is 30.5 Å². The molecule has 0 amide bonds. The van der Waals surface area contributed by atoms with E-state index in [1.807, 2.05) is 32.0 Å². The van der Waals surface area contributed by atoms with Gasteiger partial charge in [-0.1, -0.05) is 6.07 Å². The van der Waals surface area contributed by atoms with E-state index >= 15 is 0 Å². The molecule has 0 radical (unpaired) electrons. The molecule has 0 saturated heterocycles. The highest BCUT2D eigenvalue weighted by atomic mass is 16.5. The summed E-state index contributed by atoms with van der Waals surface area (Å²) in [5.41, 5.74) is 5.12. The fourth-order valence-corrected chi connectivity index (χ4v) is 4.44. The minimum absolute atomic E-state index is 0.140. The number of aryl methyl sites for hydroxylation is 1. The summed E-state index contributed by atoms with van der Waals surface area (Å²) in [6, 6.07) is 9.35. The molecule has 5 nitrogen and oxygen atoms in total. The van der Waals surface area contributed by atoms with Gasteiger partial charge in [-0.15, -0.1) is 0 Å². The maximum Gasteiger partial charge on any atom is 0.139 e. The summed E-state index contributed by atoms with van der Waals surface area (Å²) in [4.78, 5) is 4.71. The van der Waals surface area contributed by atoms with Crippen LogP contribution in [-0.4, -0.2) is 36.2 Å². The Morgan fingerprint density at radius 2 is 1.72 bits per heavy atom. The van der Waals surface area contributed by atoms with Gasteiger partial charge in [-0.25, -0.2) is 0 Å². The Morgan fingerprint density at radius 3 is 2.41 bits per heavy atom. The topological polar surface area (TPSA) is 71.3 Å². The lowest BCUT2D eigenvalue weighted by Gasteiger charge is -2.25. The van der Waals surface area contributed by atoms with Crippen molar-refractivity contribution in [3.63, 3.8) is 0 Å². The van der Waals surface area contributed by atoms with E-state index in [0.29, 0.717) is 22.4 Å². The molecule has 0 aromatic heterocycles. The van der Waals surface area contributed by atoms with Gasteiger partial charge in [0.25, 0.3) is 0 Å². The smallest absolute Gasteiger partial charge is 0.139 e. The number of hydrogen-bond donors (Lipinski definition) is 2. The molecular formula is C24H25NO4. The monoisotopic (exact) mass is 391 g/mol. The van der Waals surface area contributed by atoms with Crippen molar-refractivity contribution in [3.8, 4) is 34.1 Å². The molecular weight excluding hydrogens is 366 g/mol. The molecule has 0 fully saturated rings. The predicted molar refractivity (Wildman–Crippen MR) is 116 cm³/mol. The first-order chi connectivity index (χ1) is 13.8. The Kier molecular flexibility index (Phi) is 4.61. The van der Waals surface area contributed by atoms with Crippen molar-refractivity contribution < 1.29 is 19.7 Å². The number of phenolic OH excluding ortho intramolecular Hbond substituents is 2. The molecule has 0 saturated carbocycles. The average Bonchev–Trinajstić information content (AvgIpc) is 2.65. The minimum atomic E-state index is 0.140. The van der Waals surface area contributed by atoms with Crippen LogP contribution in [0.4, 0.5) is 0 Å². The Balaban J connectivity index is 2.11. The fraction of sp³-hybridized carbons (Fsp3) is 0.292. The van der Waals surface area contributed by atoms with Crippen molar-refractivity contribution in [2.24, 2.45) is 4.99 Å². The van der Waals surface area contributed by atoms with Gasteiger partial charge in [0.15, 0.2) is 0 Å². The van der Waals surface area contributed by atoms with Gasteiger partial charge in [-0.05, 0) is 73.5 Å². The van der Waals surface area contributed by atoms with E-state index < -0.39 is 0 Å². The molecule has 0 spiro atoms. The molecule has 29 heavy (non-hydrogen) atoms. The highest BCUT2D eigenvalue weighted by Gasteiger charge is 2.27. The Bertz CT molecular complexity index is 1160. The van der Waals surface area contributed by atoms with Crippen molar-refractivity contribution in [2.75, 3.05) is 14.2 Å². The normalized spacial score (nSPS) is 15.8. The number of hydrogen-bond acceptors (Lipinski definition) is 5. The zero-order valence-corrected chi connectivity index (χ0v) is 17.3. The van der Waals surface area contributed by atoms with Crippen LogP contribution in [0.5, 0.6) is 23.0 Å². The first kappa shape index (κ1) is 19.1. The molecule has 5 heteroatoms. The van der Waals surface area contributed by atoms with Crippen LogP contribution in [-0.2, 0) is 6.42 Å². The number of aromatic hydroxyl groups is 2. The fourth-order valence-electron chi connectivity index (χ4n) is 4.44. The number of phenols is 2. The lowest BCUT2D eigenvalue weighted by atomic mass is 9.87. The van der Waals surface area contributed by atoms with E-state index in [9.17, 15) is 10.2 Å². The van der Waals surface area contributed by atoms with Crippen LogP contribution in [0.2, 0.25) is 0 Å². The summed E-state index contributed by atoms with van der Waals surface area (Å²) >= 11 is 0.